The molecule has 0 spiro atoms. The molecule has 0 aliphatic carbocycles. The standard InChI is InChI=1S/Al.Mg.Mn.Pt.5H. The van der Waals surface area contributed by atoms with Crippen molar-refractivity contribution in [2.45, 2.75) is 0 Å². The van der Waals surface area contributed by atoms with Crippen LogP contribution in [0.2, 0.25) is 0 Å². The van der Waals surface area contributed by atoms with Crippen molar-refractivity contribution in [3.05, 3.63) is 0 Å². The van der Waals surface area contributed by atoms with Gasteiger partial charge >= 0.3 is 23.1 Å². The first-order valence-corrected chi connectivity index (χ1v) is 0. The first-order chi connectivity index (χ1) is 0. The fraction of sp³-hybridized carbons (Fsp3) is 0. The Morgan fingerprint density at radius 2 is 1.00 bits per heavy atom. The van der Waals surface area contributed by atoms with E-state index < -0.39 is 0 Å². The van der Waals surface area contributed by atoms with E-state index in [1.165, 1.54) is 0 Å². The van der Waals surface area contributed by atoms with Crippen molar-refractivity contribution in [1.82, 2.24) is 0 Å². The zero-order valence-corrected chi connectivity index (χ0v) is 4.15. The van der Waals surface area contributed by atoms with Crippen molar-refractivity contribution in [2.75, 3.05) is 0 Å². The first-order valence-electron chi connectivity index (χ1n) is 0. The third-order valence-electron chi connectivity index (χ3n) is 0. The van der Waals surface area contributed by atoms with Gasteiger partial charge < -0.3 is 0 Å². The molecule has 4 heteroatoms. The van der Waals surface area contributed by atoms with E-state index >= 15 is 0 Å². The molecule has 0 aliphatic rings. The molecule has 0 saturated heterocycles. The minimum atomic E-state index is 0. The van der Waals surface area contributed by atoms with Gasteiger partial charge in [-0.15, -0.1) is 0 Å². The van der Waals surface area contributed by atoms with E-state index in [4.69, 9.17) is 0 Å². The molecular formula is H5AlMgMnPt. The van der Waals surface area contributed by atoms with Gasteiger partial charge in [0.1, 0.15) is 0 Å². The quantitative estimate of drug-likeness (QED) is 0.450. The molecule has 0 aliphatic heterocycles. The van der Waals surface area contributed by atoms with Crippen molar-refractivity contribution in [2.24, 2.45) is 0 Å². The van der Waals surface area contributed by atoms with E-state index in [1.54, 1.807) is 0 Å². The molecule has 0 bridgehead atoms. The van der Waals surface area contributed by atoms with Gasteiger partial charge in [-0.05, 0) is 0 Å². The molecule has 0 aromatic carbocycles. The molecule has 0 aromatic rings. The first kappa shape index (κ1) is 31.4. The summed E-state index contributed by atoms with van der Waals surface area (Å²) < 4.78 is 0. The van der Waals surface area contributed by atoms with Crippen LogP contribution in [-0.4, -0.2) is 40.4 Å². The SMILES string of the molecule is [AlH3].[MgH2].[Mn].[Pt]. The topological polar surface area (TPSA) is 0 Å². The maximum absolute atomic E-state index is 0. The zero-order valence-electron chi connectivity index (χ0n) is 0.694. The Morgan fingerprint density at radius 1 is 1.00 bits per heavy atom. The normalized spacial score (nSPS) is 0. The van der Waals surface area contributed by atoms with Crippen molar-refractivity contribution >= 4 is 40.4 Å². The summed E-state index contributed by atoms with van der Waals surface area (Å²) in [5, 5.41) is 0. The molecular weight excluding hydrogens is 301 g/mol. The van der Waals surface area contributed by atoms with Crippen molar-refractivity contribution in [3.8, 4) is 0 Å². The molecule has 0 atom stereocenters. The molecule has 0 aromatic heterocycles. The average Bonchev–Trinajstić information content (AvgIpc) is 0. The van der Waals surface area contributed by atoms with E-state index in [0.29, 0.717) is 0 Å². The smallest absolute Gasteiger partial charge is 0 e. The van der Waals surface area contributed by atoms with Gasteiger partial charge in [0.25, 0.3) is 0 Å². The second-order valence-corrected chi connectivity index (χ2v) is 0. The van der Waals surface area contributed by atoms with Crippen LogP contribution in [0.4, 0.5) is 0 Å². The van der Waals surface area contributed by atoms with Gasteiger partial charge in [0.15, 0.2) is 17.4 Å². The second-order valence-electron chi connectivity index (χ2n) is 0. The largest absolute Gasteiger partial charge is 0.316 e. The Labute approximate surface area is 77.5 Å². The van der Waals surface area contributed by atoms with Crippen LogP contribution in [0.3, 0.4) is 0 Å². The third kappa shape index (κ3) is 8.82. The summed E-state index contributed by atoms with van der Waals surface area (Å²) in [7, 11) is 0. The molecule has 4 heavy (non-hydrogen) atoms. The average molecular weight is 306 g/mol. The van der Waals surface area contributed by atoms with Crippen molar-refractivity contribution < 1.29 is 38.1 Å². The van der Waals surface area contributed by atoms with Crippen LogP contribution < -0.4 is 0 Å². The number of hydrogen-bond donors (Lipinski definition) is 0. The van der Waals surface area contributed by atoms with Crippen LogP contribution in [-0.2, 0) is 38.1 Å². The van der Waals surface area contributed by atoms with E-state index in [2.05, 4.69) is 0 Å². The van der Waals surface area contributed by atoms with E-state index in [1.807, 2.05) is 0 Å². The summed E-state index contributed by atoms with van der Waals surface area (Å²) >= 11 is 0. The van der Waals surface area contributed by atoms with Gasteiger partial charge in [0.2, 0.25) is 0 Å². The van der Waals surface area contributed by atoms with Crippen LogP contribution in [0, 0.1) is 0 Å². The second kappa shape index (κ2) is 17.8. The van der Waals surface area contributed by atoms with Crippen LogP contribution in [0.15, 0.2) is 0 Å². The van der Waals surface area contributed by atoms with Gasteiger partial charge in [-0.3, -0.25) is 0 Å². The van der Waals surface area contributed by atoms with Crippen LogP contribution >= 0.6 is 0 Å². The summed E-state index contributed by atoms with van der Waals surface area (Å²) in [6.45, 7) is 0. The molecule has 0 fully saturated rings. The maximum Gasteiger partial charge on any atom is 0.316 e. The molecule has 0 N–H and O–H groups in total. The fourth-order valence-electron chi connectivity index (χ4n) is 0. The van der Waals surface area contributed by atoms with Gasteiger partial charge in [0, 0.05) is 38.1 Å². The summed E-state index contributed by atoms with van der Waals surface area (Å²) in [5.74, 6) is 0. The summed E-state index contributed by atoms with van der Waals surface area (Å²) in [5.41, 5.74) is 0. The maximum atomic E-state index is 0. The van der Waals surface area contributed by atoms with Crippen molar-refractivity contribution in [1.29, 1.82) is 0 Å². The summed E-state index contributed by atoms with van der Waals surface area (Å²) in [4.78, 5) is 0. The molecule has 0 heterocycles. The molecule has 0 rings (SSSR count). The Morgan fingerprint density at radius 3 is 1.00 bits per heavy atom. The van der Waals surface area contributed by atoms with Crippen molar-refractivity contribution in [3.63, 3.8) is 0 Å². The van der Waals surface area contributed by atoms with E-state index in [-0.39, 0.29) is 78.5 Å². The number of rotatable bonds is 0. The summed E-state index contributed by atoms with van der Waals surface area (Å²) in [6.07, 6.45) is 0. The van der Waals surface area contributed by atoms with Crippen LogP contribution in [0.25, 0.3) is 0 Å². The van der Waals surface area contributed by atoms with Gasteiger partial charge in [-0.25, -0.2) is 0 Å². The molecule has 0 amide bonds. The van der Waals surface area contributed by atoms with Crippen LogP contribution in [0.1, 0.15) is 0 Å². The van der Waals surface area contributed by atoms with E-state index in [9.17, 15) is 0 Å². The minimum Gasteiger partial charge on any atom is 0 e. The number of hydrogen-bond acceptors (Lipinski definition) is 0. The minimum absolute atomic E-state index is 0. The molecule has 1 radical (unpaired) electrons. The predicted molar refractivity (Wildman–Crippen MR) is 18.5 cm³/mol. The third-order valence-corrected chi connectivity index (χ3v) is 0. The Kier molecular flexibility index (Phi) is 140. The molecule has 0 saturated carbocycles. The van der Waals surface area contributed by atoms with Crippen LogP contribution in [0.5, 0.6) is 0 Å². The molecule has 27 valence electrons. The Hall–Kier alpha value is 2.51. The summed E-state index contributed by atoms with van der Waals surface area (Å²) in [6, 6.07) is 0. The van der Waals surface area contributed by atoms with Gasteiger partial charge in [-0.2, -0.15) is 0 Å². The van der Waals surface area contributed by atoms with E-state index in [0.717, 1.165) is 0 Å². The molecule has 0 nitrogen and oxygen atoms in total. The zero-order chi connectivity index (χ0) is 0. The monoisotopic (exact) mass is 306 g/mol. The van der Waals surface area contributed by atoms with Gasteiger partial charge in [-0.1, -0.05) is 0 Å². The van der Waals surface area contributed by atoms with Gasteiger partial charge in [0.05, 0.1) is 0 Å². The molecule has 0 unspecified atom stereocenters. The predicted octanol–water partition coefficient (Wildman–Crippen LogP) is -2.11. The Balaban J connectivity index is 0. The Bertz CT molecular complexity index is 8.00. The fourth-order valence-corrected chi connectivity index (χ4v) is 0.